The number of hydrogen-bond acceptors (Lipinski definition) is 7. The molecule has 14 heteroatoms. The number of alkyl halides is 3. The number of nitrogens with one attached hydrogen (secondary N) is 1. The molecule has 1 atom stereocenters. The van der Waals surface area contributed by atoms with Gasteiger partial charge in [-0.2, -0.15) is 17.9 Å². The minimum absolute atomic E-state index is 0.0672. The summed E-state index contributed by atoms with van der Waals surface area (Å²) >= 11 is 0.625. The van der Waals surface area contributed by atoms with E-state index in [4.69, 9.17) is 5.73 Å². The molecule has 3 aromatic rings. The van der Waals surface area contributed by atoms with E-state index in [1.807, 2.05) is 0 Å². The number of halogens is 3. The zero-order valence-corrected chi connectivity index (χ0v) is 17.1. The summed E-state index contributed by atoms with van der Waals surface area (Å²) in [6.07, 6.45) is -4.69. The Labute approximate surface area is 176 Å². The van der Waals surface area contributed by atoms with Gasteiger partial charge in [-0.05, 0) is 37.3 Å². The van der Waals surface area contributed by atoms with Crippen LogP contribution in [0.4, 0.5) is 24.7 Å². The highest BCUT2D eigenvalue weighted by atomic mass is 32.1. The van der Waals surface area contributed by atoms with Gasteiger partial charge in [0.1, 0.15) is 21.4 Å². The van der Waals surface area contributed by atoms with E-state index in [1.165, 1.54) is 26.8 Å². The van der Waals surface area contributed by atoms with E-state index < -0.39 is 40.5 Å². The lowest BCUT2D eigenvalue weighted by Gasteiger charge is -2.13. The highest BCUT2D eigenvalue weighted by Gasteiger charge is 2.34. The molecule has 0 fully saturated rings. The van der Waals surface area contributed by atoms with E-state index in [0.717, 1.165) is 10.7 Å². The quantitative estimate of drug-likeness (QED) is 0.445. The van der Waals surface area contributed by atoms with Crippen molar-refractivity contribution in [3.8, 4) is 0 Å². The molecule has 0 aliphatic heterocycles. The lowest BCUT2D eigenvalue weighted by atomic mass is 10.1. The first kappa shape index (κ1) is 22.1. The van der Waals surface area contributed by atoms with Crippen molar-refractivity contribution < 1.29 is 27.7 Å². The fourth-order valence-corrected chi connectivity index (χ4v) is 4.07. The van der Waals surface area contributed by atoms with E-state index in [1.54, 1.807) is 0 Å². The van der Waals surface area contributed by atoms with Gasteiger partial charge in [-0.15, -0.1) is 11.3 Å². The molecule has 0 aliphatic carbocycles. The van der Waals surface area contributed by atoms with Crippen molar-refractivity contribution in [1.82, 2.24) is 14.8 Å². The van der Waals surface area contributed by atoms with Crippen LogP contribution in [-0.2, 0) is 11.0 Å². The third-order valence-electron chi connectivity index (χ3n) is 4.46. The second kappa shape index (κ2) is 7.61. The molecular formula is C17H15F3N6O4S. The normalized spacial score (nSPS) is 12.7. The zero-order valence-electron chi connectivity index (χ0n) is 16.3. The molecule has 0 aliphatic rings. The van der Waals surface area contributed by atoms with Crippen LogP contribution in [0.1, 0.15) is 39.6 Å². The molecule has 3 heterocycles. The number of thiophene rings is 1. The number of anilines is 1. The lowest BCUT2D eigenvalue weighted by Crippen LogP contribution is -2.26. The lowest BCUT2D eigenvalue weighted by molar-refractivity contribution is -0.389. The number of fused-ring (bicyclic) bond motifs is 1. The fourth-order valence-electron chi connectivity index (χ4n) is 3.01. The molecule has 0 aromatic carbocycles. The minimum atomic E-state index is -4.69. The number of nitro groups is 1. The topological polar surface area (TPSA) is 146 Å². The Balaban J connectivity index is 2.05. The maximum atomic E-state index is 13.1. The molecule has 1 unspecified atom stereocenters. The Morgan fingerprint density at radius 1 is 1.32 bits per heavy atom. The Morgan fingerprint density at radius 3 is 2.48 bits per heavy atom. The molecular weight excluding hydrogens is 441 g/mol. The highest BCUT2D eigenvalue weighted by Crippen LogP contribution is 2.40. The Morgan fingerprint density at radius 2 is 1.97 bits per heavy atom. The SMILES string of the molecule is Cc1cc(C(F)(F)F)nc2sc(C(N)=O)c(NC(=O)C(C)n3nc([N+](=O)[O-])cc3C)c12. The number of carbonyl (C=O) groups excluding carboxylic acids is 2. The van der Waals surface area contributed by atoms with Crippen LogP contribution in [0.25, 0.3) is 10.2 Å². The molecule has 0 spiro atoms. The van der Waals surface area contributed by atoms with Crippen molar-refractivity contribution in [2.45, 2.75) is 33.0 Å². The number of hydrogen-bond donors (Lipinski definition) is 2. The Kier molecular flexibility index (Phi) is 5.43. The summed E-state index contributed by atoms with van der Waals surface area (Å²) in [7, 11) is 0. The highest BCUT2D eigenvalue weighted by molar-refractivity contribution is 7.21. The maximum absolute atomic E-state index is 13.1. The predicted molar refractivity (Wildman–Crippen MR) is 105 cm³/mol. The van der Waals surface area contributed by atoms with Crippen LogP contribution in [-0.4, -0.2) is 31.5 Å². The maximum Gasteiger partial charge on any atom is 0.433 e. The van der Waals surface area contributed by atoms with Crippen LogP contribution >= 0.6 is 11.3 Å². The monoisotopic (exact) mass is 456 g/mol. The zero-order chi connectivity index (χ0) is 23.2. The molecule has 2 amide bonds. The van der Waals surface area contributed by atoms with Crippen LogP contribution in [0.15, 0.2) is 12.1 Å². The van der Waals surface area contributed by atoms with Crippen LogP contribution in [0.3, 0.4) is 0 Å². The first-order valence-corrected chi connectivity index (χ1v) is 9.45. The summed E-state index contributed by atoms with van der Waals surface area (Å²) < 4.78 is 40.4. The number of aryl methyl sites for hydroxylation is 2. The Hall–Kier alpha value is -3.55. The number of nitrogens with two attached hydrogens (primary N) is 1. The summed E-state index contributed by atoms with van der Waals surface area (Å²) in [5.74, 6) is -2.11. The number of nitrogens with zero attached hydrogens (tertiary/aromatic N) is 4. The number of pyridine rings is 1. The van der Waals surface area contributed by atoms with Crippen molar-refractivity contribution >= 4 is 44.9 Å². The van der Waals surface area contributed by atoms with Crippen molar-refractivity contribution in [2.24, 2.45) is 5.73 Å². The number of carbonyl (C=O) groups is 2. The van der Waals surface area contributed by atoms with Gasteiger partial charge in [-0.3, -0.25) is 9.59 Å². The van der Waals surface area contributed by atoms with Gasteiger partial charge in [0, 0.05) is 5.39 Å². The largest absolute Gasteiger partial charge is 0.433 e. The van der Waals surface area contributed by atoms with E-state index in [0.29, 0.717) is 17.0 Å². The van der Waals surface area contributed by atoms with Crippen molar-refractivity contribution in [1.29, 1.82) is 0 Å². The van der Waals surface area contributed by atoms with E-state index >= 15 is 0 Å². The molecule has 3 rings (SSSR count). The van der Waals surface area contributed by atoms with Crippen LogP contribution in [0.2, 0.25) is 0 Å². The minimum Gasteiger partial charge on any atom is -0.365 e. The summed E-state index contributed by atoms with van der Waals surface area (Å²) in [4.78, 5) is 38.2. The standard InChI is InChI=1S/C17H15F3N6O4S/c1-6-4-9(17(18,19)20)22-16-11(6)12(13(31-16)14(21)27)23-15(28)8(3)25-7(2)5-10(24-25)26(29)30/h4-5,8H,1-3H3,(H2,21,27)(H,23,28). The molecule has 0 bridgehead atoms. The molecule has 0 saturated heterocycles. The van der Waals surface area contributed by atoms with Crippen molar-refractivity contribution in [2.75, 3.05) is 5.32 Å². The van der Waals surface area contributed by atoms with Gasteiger partial charge >= 0.3 is 12.0 Å². The molecule has 31 heavy (non-hydrogen) atoms. The molecule has 164 valence electrons. The van der Waals surface area contributed by atoms with Gasteiger partial charge in [0.25, 0.3) is 11.8 Å². The van der Waals surface area contributed by atoms with Gasteiger partial charge in [-0.25, -0.2) is 4.98 Å². The van der Waals surface area contributed by atoms with Gasteiger partial charge in [-0.1, -0.05) is 0 Å². The van der Waals surface area contributed by atoms with Gasteiger partial charge < -0.3 is 21.2 Å². The average molecular weight is 456 g/mol. The molecule has 10 nitrogen and oxygen atoms in total. The summed E-state index contributed by atoms with van der Waals surface area (Å²) in [6.45, 7) is 4.33. The molecule has 3 aromatic heterocycles. The van der Waals surface area contributed by atoms with Crippen molar-refractivity contribution in [3.05, 3.63) is 44.1 Å². The molecule has 3 N–H and O–H groups in total. The van der Waals surface area contributed by atoms with Crippen LogP contribution in [0.5, 0.6) is 0 Å². The van der Waals surface area contributed by atoms with E-state index in [2.05, 4.69) is 15.4 Å². The van der Waals surface area contributed by atoms with Crippen molar-refractivity contribution in [3.63, 3.8) is 0 Å². The smallest absolute Gasteiger partial charge is 0.365 e. The molecule has 0 radical (unpaired) electrons. The first-order valence-electron chi connectivity index (χ1n) is 8.63. The van der Waals surface area contributed by atoms with E-state index in [9.17, 15) is 32.9 Å². The van der Waals surface area contributed by atoms with Gasteiger partial charge in [0.2, 0.25) is 0 Å². The summed E-state index contributed by atoms with van der Waals surface area (Å²) in [6, 6.07) is 0.956. The van der Waals surface area contributed by atoms with Crippen LogP contribution < -0.4 is 11.1 Å². The first-order chi connectivity index (χ1) is 14.3. The predicted octanol–water partition coefficient (Wildman–Crippen LogP) is 3.34. The third-order valence-corrected chi connectivity index (χ3v) is 5.56. The Bertz CT molecular complexity index is 1230. The second-order valence-corrected chi connectivity index (χ2v) is 7.68. The summed E-state index contributed by atoms with van der Waals surface area (Å²) in [5.41, 5.74) is 4.62. The number of amides is 2. The number of primary amides is 1. The van der Waals surface area contributed by atoms with Gasteiger partial charge in [0.15, 0.2) is 0 Å². The van der Waals surface area contributed by atoms with E-state index in [-0.39, 0.29) is 26.3 Å². The average Bonchev–Trinajstić information content (AvgIpc) is 3.21. The number of aromatic nitrogens is 3. The fraction of sp³-hybridized carbons (Fsp3) is 0.294. The summed E-state index contributed by atoms with van der Waals surface area (Å²) in [5, 5.41) is 17.3. The molecule has 0 saturated carbocycles. The second-order valence-electron chi connectivity index (χ2n) is 6.68. The van der Waals surface area contributed by atoms with Gasteiger partial charge in [0.05, 0.1) is 22.5 Å². The number of rotatable bonds is 5. The third kappa shape index (κ3) is 4.05. The van der Waals surface area contributed by atoms with Crippen LogP contribution in [0, 0.1) is 24.0 Å².